The molecule has 0 N–H and O–H groups in total. The van der Waals surface area contributed by atoms with Crippen LogP contribution in [0.4, 0.5) is 0 Å². The first-order valence-electron chi connectivity index (χ1n) is 26.5. The van der Waals surface area contributed by atoms with Crippen LogP contribution in [0.25, 0.3) is 0 Å². The number of carbonyl (C=O) groups excluding carboxylic acids is 2. The Morgan fingerprint density at radius 3 is 1.15 bits per heavy atom. The van der Waals surface area contributed by atoms with Gasteiger partial charge in [-0.25, -0.2) is 0 Å². The fourth-order valence-corrected chi connectivity index (χ4v) is 7.69. The monoisotopic (exact) mass is 843 g/mol. The fourth-order valence-electron chi connectivity index (χ4n) is 7.69. The molecule has 0 aliphatic heterocycles. The summed E-state index contributed by atoms with van der Waals surface area (Å²) in [6.45, 7) is 7.75. The van der Waals surface area contributed by atoms with Crippen molar-refractivity contribution in [3.8, 4) is 0 Å². The van der Waals surface area contributed by atoms with Gasteiger partial charge < -0.3 is 14.2 Å². The van der Waals surface area contributed by atoms with Gasteiger partial charge in [0, 0.05) is 19.4 Å². The summed E-state index contributed by atoms with van der Waals surface area (Å²) in [4.78, 5) is 25.1. The van der Waals surface area contributed by atoms with Crippen LogP contribution in [-0.2, 0) is 23.8 Å². The quantitative estimate of drug-likeness (QED) is 0.0347. The molecule has 0 aromatic heterocycles. The molecular weight excluding hydrogens is 741 g/mol. The van der Waals surface area contributed by atoms with Crippen molar-refractivity contribution in [2.75, 3.05) is 19.8 Å². The van der Waals surface area contributed by atoms with E-state index in [1.807, 2.05) is 0 Å². The molecule has 0 fully saturated rings. The average molecular weight is 843 g/mol. The van der Waals surface area contributed by atoms with E-state index in [1.54, 1.807) is 0 Å². The molecular formula is C55H102O5. The van der Waals surface area contributed by atoms with Crippen LogP contribution in [0, 0.1) is 0 Å². The van der Waals surface area contributed by atoms with E-state index < -0.39 is 6.10 Å². The van der Waals surface area contributed by atoms with Crippen LogP contribution in [0.3, 0.4) is 0 Å². The highest BCUT2D eigenvalue weighted by atomic mass is 16.6. The Balaban J connectivity index is 3.98. The molecule has 0 aliphatic rings. The molecule has 0 aromatic carbocycles. The van der Waals surface area contributed by atoms with Gasteiger partial charge in [0.05, 0.1) is 6.61 Å². The molecule has 0 amide bonds. The summed E-state index contributed by atoms with van der Waals surface area (Å²) in [5, 5.41) is 0. The van der Waals surface area contributed by atoms with Gasteiger partial charge in [-0.2, -0.15) is 0 Å². The maximum atomic E-state index is 12.6. The molecule has 0 bridgehead atoms. The molecule has 0 aromatic rings. The normalized spacial score (nSPS) is 12.4. The Morgan fingerprint density at radius 2 is 0.700 bits per heavy atom. The number of rotatable bonds is 49. The Morgan fingerprint density at radius 1 is 0.367 bits per heavy atom. The molecule has 0 saturated carbocycles. The second-order valence-corrected chi connectivity index (χ2v) is 17.8. The summed E-state index contributed by atoms with van der Waals surface area (Å²) in [5.74, 6) is -0.401. The van der Waals surface area contributed by atoms with Crippen molar-refractivity contribution in [3.63, 3.8) is 0 Å². The molecule has 0 spiro atoms. The molecule has 0 saturated heterocycles. The summed E-state index contributed by atoms with van der Waals surface area (Å²) < 4.78 is 17.3. The van der Waals surface area contributed by atoms with Gasteiger partial charge in [0.2, 0.25) is 0 Å². The van der Waals surface area contributed by atoms with Gasteiger partial charge in [-0.1, -0.05) is 243 Å². The minimum atomic E-state index is -0.533. The topological polar surface area (TPSA) is 61.8 Å². The van der Waals surface area contributed by atoms with E-state index in [9.17, 15) is 9.59 Å². The van der Waals surface area contributed by atoms with E-state index in [-0.39, 0.29) is 25.2 Å². The maximum absolute atomic E-state index is 12.6. The van der Waals surface area contributed by atoms with Crippen molar-refractivity contribution in [1.82, 2.24) is 0 Å². The Labute approximate surface area is 374 Å². The Kier molecular flexibility index (Phi) is 49.9. The average Bonchev–Trinajstić information content (AvgIpc) is 3.25. The summed E-state index contributed by atoms with van der Waals surface area (Å²) in [6, 6.07) is 0. The summed E-state index contributed by atoms with van der Waals surface area (Å²) in [6.07, 6.45) is 61.9. The van der Waals surface area contributed by atoms with Crippen molar-refractivity contribution in [2.45, 2.75) is 284 Å². The van der Waals surface area contributed by atoms with Crippen LogP contribution in [0.2, 0.25) is 0 Å². The van der Waals surface area contributed by atoms with Gasteiger partial charge in [0.15, 0.2) is 6.10 Å². The van der Waals surface area contributed by atoms with Gasteiger partial charge in [0.1, 0.15) is 6.61 Å². The van der Waals surface area contributed by atoms with Gasteiger partial charge in [-0.3, -0.25) is 9.59 Å². The summed E-state index contributed by atoms with van der Waals surface area (Å²) in [5.41, 5.74) is 0. The molecule has 1 unspecified atom stereocenters. The molecule has 60 heavy (non-hydrogen) atoms. The van der Waals surface area contributed by atoms with Crippen LogP contribution >= 0.6 is 0 Å². The van der Waals surface area contributed by atoms with Crippen LogP contribution in [0.1, 0.15) is 278 Å². The highest BCUT2D eigenvalue weighted by Gasteiger charge is 2.17. The molecule has 1 atom stereocenters. The predicted molar refractivity (Wildman–Crippen MR) is 261 cm³/mol. The second-order valence-electron chi connectivity index (χ2n) is 17.8. The zero-order chi connectivity index (χ0) is 43.5. The first kappa shape index (κ1) is 58.1. The number of allylic oxidation sites excluding steroid dienone is 6. The van der Waals surface area contributed by atoms with Crippen molar-refractivity contribution in [3.05, 3.63) is 36.5 Å². The SMILES string of the molecule is CCCCC/C=C\C/C=C\C/C=C\CCCCCCCCCOCC(COC(=O)CCCCCCCCCCCCCCCCCCCCC)OC(=O)CCCCCCC. The van der Waals surface area contributed by atoms with Crippen molar-refractivity contribution < 1.29 is 23.8 Å². The molecule has 0 rings (SSSR count). The van der Waals surface area contributed by atoms with E-state index in [0.29, 0.717) is 19.4 Å². The lowest BCUT2D eigenvalue weighted by Gasteiger charge is -2.18. The van der Waals surface area contributed by atoms with Crippen molar-refractivity contribution >= 4 is 11.9 Å². The minimum Gasteiger partial charge on any atom is -0.462 e. The zero-order valence-corrected chi connectivity index (χ0v) is 40.5. The first-order chi connectivity index (χ1) is 29.6. The lowest BCUT2D eigenvalue weighted by Crippen LogP contribution is -2.30. The lowest BCUT2D eigenvalue weighted by atomic mass is 10.0. The maximum Gasteiger partial charge on any atom is 0.306 e. The minimum absolute atomic E-state index is 0.0856. The number of hydrogen-bond donors (Lipinski definition) is 0. The third-order valence-corrected chi connectivity index (χ3v) is 11.7. The number of carbonyl (C=O) groups is 2. The van der Waals surface area contributed by atoms with Crippen LogP contribution in [0.15, 0.2) is 36.5 Å². The highest BCUT2D eigenvalue weighted by Crippen LogP contribution is 2.16. The largest absolute Gasteiger partial charge is 0.462 e. The van der Waals surface area contributed by atoms with E-state index in [0.717, 1.165) is 57.8 Å². The number of ether oxygens (including phenoxy) is 3. The standard InChI is InChI=1S/C55H102O5/c1-4-7-10-13-15-17-19-21-23-25-27-29-31-33-35-37-39-41-44-47-50-58-51-53(60-55(57)49-46-42-12-9-6-3)52-59-54(56)48-45-43-40-38-36-34-32-30-28-26-24-22-20-18-16-14-11-8-5-2/h15,17,21,23,27,29,53H,4-14,16,18-20,22,24-26,28,30-52H2,1-3H3/b17-15-,23-21-,29-27-. The van der Waals surface area contributed by atoms with Crippen molar-refractivity contribution in [1.29, 1.82) is 0 Å². The molecule has 5 nitrogen and oxygen atoms in total. The summed E-state index contributed by atoms with van der Waals surface area (Å²) >= 11 is 0. The number of unbranched alkanes of at least 4 members (excludes halogenated alkanes) is 32. The third-order valence-electron chi connectivity index (χ3n) is 11.7. The highest BCUT2D eigenvalue weighted by molar-refractivity contribution is 5.70. The van der Waals surface area contributed by atoms with Crippen LogP contribution in [-0.4, -0.2) is 37.9 Å². The van der Waals surface area contributed by atoms with E-state index in [1.165, 1.54) is 186 Å². The van der Waals surface area contributed by atoms with Gasteiger partial charge in [0.25, 0.3) is 0 Å². The van der Waals surface area contributed by atoms with E-state index in [2.05, 4.69) is 57.2 Å². The van der Waals surface area contributed by atoms with E-state index >= 15 is 0 Å². The number of esters is 2. The molecule has 0 aliphatic carbocycles. The van der Waals surface area contributed by atoms with Gasteiger partial charge in [-0.05, 0) is 57.8 Å². The van der Waals surface area contributed by atoms with Crippen molar-refractivity contribution in [2.24, 2.45) is 0 Å². The molecule has 0 radical (unpaired) electrons. The predicted octanol–water partition coefficient (Wildman–Crippen LogP) is 17.8. The zero-order valence-electron chi connectivity index (χ0n) is 40.5. The molecule has 0 heterocycles. The van der Waals surface area contributed by atoms with Crippen LogP contribution < -0.4 is 0 Å². The van der Waals surface area contributed by atoms with E-state index in [4.69, 9.17) is 14.2 Å². The molecule has 5 heteroatoms. The van der Waals surface area contributed by atoms with Gasteiger partial charge in [-0.15, -0.1) is 0 Å². The Bertz CT molecular complexity index is 955. The Hall–Kier alpha value is -1.88. The molecule has 352 valence electrons. The second kappa shape index (κ2) is 51.5. The first-order valence-corrected chi connectivity index (χ1v) is 26.5. The third kappa shape index (κ3) is 48.8. The van der Waals surface area contributed by atoms with Crippen LogP contribution in [0.5, 0.6) is 0 Å². The fraction of sp³-hybridized carbons (Fsp3) is 0.855. The smallest absolute Gasteiger partial charge is 0.306 e. The number of hydrogen-bond acceptors (Lipinski definition) is 5. The summed E-state index contributed by atoms with van der Waals surface area (Å²) in [7, 11) is 0. The van der Waals surface area contributed by atoms with Gasteiger partial charge >= 0.3 is 11.9 Å². The lowest BCUT2D eigenvalue weighted by molar-refractivity contribution is -0.163.